The number of fused-ring (bicyclic) bond motifs is 3. The molecular weight excluding hydrogens is 1320 g/mol. The molecule has 484 valence electrons. The fourth-order valence-corrected chi connectivity index (χ4v) is 10.1. The van der Waals surface area contributed by atoms with Crippen LogP contribution in [-0.4, -0.2) is 92.0 Å². The summed E-state index contributed by atoms with van der Waals surface area (Å²) in [6.45, 7) is 11.9. The first-order valence-corrected chi connectivity index (χ1v) is 28.3. The second-order valence-corrected chi connectivity index (χ2v) is 22.7. The highest BCUT2D eigenvalue weighted by atomic mass is 79.9. The van der Waals surface area contributed by atoms with Crippen molar-refractivity contribution in [3.05, 3.63) is 184 Å². The van der Waals surface area contributed by atoms with Crippen LogP contribution in [0.15, 0.2) is 133 Å². The minimum absolute atomic E-state index is 0.0462. The summed E-state index contributed by atoms with van der Waals surface area (Å²) in [4.78, 5) is 23.5. The van der Waals surface area contributed by atoms with Gasteiger partial charge in [-0.05, 0) is 190 Å². The number of anilines is 3. The van der Waals surface area contributed by atoms with Crippen molar-refractivity contribution in [2.75, 3.05) is 17.2 Å². The van der Waals surface area contributed by atoms with Crippen molar-refractivity contribution in [3.8, 4) is 56.0 Å². The quantitative estimate of drug-likeness (QED) is 0.103. The number of aryl methyl sites for hydroxylation is 3. The Morgan fingerprint density at radius 2 is 0.723 bits per heavy atom. The molecule has 0 spiro atoms. The van der Waals surface area contributed by atoms with Gasteiger partial charge in [0.2, 0.25) is 17.8 Å². The Morgan fingerprint density at radius 3 is 1.09 bits per heavy atom. The molecule has 1 saturated heterocycles. The lowest BCUT2D eigenvalue weighted by molar-refractivity contribution is -0.142. The van der Waals surface area contributed by atoms with Gasteiger partial charge in [0.05, 0.1) is 43.9 Å². The Hall–Kier alpha value is -10.2. The van der Waals surface area contributed by atoms with Crippen LogP contribution in [-0.2, 0) is 27.8 Å². The van der Waals surface area contributed by atoms with Gasteiger partial charge in [0.15, 0.2) is 16.9 Å². The molecule has 3 aromatic carbocycles. The van der Waals surface area contributed by atoms with E-state index in [4.69, 9.17) is 26.5 Å². The molecule has 0 atom stereocenters. The summed E-state index contributed by atoms with van der Waals surface area (Å²) in [5, 5.41) is 23.3. The number of nitrogen functional groups attached to an aromatic ring is 3. The minimum Gasteiger partial charge on any atom is -0.399 e. The third-order valence-electron chi connectivity index (χ3n) is 14.6. The van der Waals surface area contributed by atoms with Crippen LogP contribution in [0.25, 0.3) is 73.0 Å². The van der Waals surface area contributed by atoms with Gasteiger partial charge in [0.25, 0.3) is 0 Å². The zero-order valence-electron chi connectivity index (χ0n) is 49.9. The molecule has 0 aliphatic carbocycles. The monoisotopic (exact) mass is 1370 g/mol. The summed E-state index contributed by atoms with van der Waals surface area (Å²) >= 11 is 3.42. The van der Waals surface area contributed by atoms with E-state index in [2.05, 4.69) is 76.4 Å². The number of benzene rings is 3. The lowest BCUT2D eigenvalue weighted by Crippen LogP contribution is -2.41. The van der Waals surface area contributed by atoms with Gasteiger partial charge in [-0.2, -0.15) is 39.5 Å². The molecule has 9 aromatic heterocycles. The Bertz CT molecular complexity index is 4590. The average molecular weight is 1370 g/mol. The maximum atomic E-state index is 13.3. The number of aromatic nitrogens is 15. The predicted molar refractivity (Wildman–Crippen MR) is 325 cm³/mol. The smallest absolute Gasteiger partial charge is 0.399 e. The zero-order chi connectivity index (χ0) is 68.1. The van der Waals surface area contributed by atoms with Crippen LogP contribution < -0.4 is 22.7 Å². The highest BCUT2D eigenvalue weighted by Crippen LogP contribution is 2.41. The van der Waals surface area contributed by atoms with E-state index in [1.54, 1.807) is 22.6 Å². The van der Waals surface area contributed by atoms with Crippen molar-refractivity contribution in [2.45, 2.75) is 78.2 Å². The van der Waals surface area contributed by atoms with Crippen LogP contribution in [0.4, 0.5) is 70.5 Å². The van der Waals surface area contributed by atoms with Crippen molar-refractivity contribution in [2.24, 2.45) is 0 Å². The standard InChI is InChI=1S/2C18H12F4N6.C13H17BF3NO2.C11H7BrFN5/c2*1-9-6-11(7-13(25-9)18(20,21)22)14-15(10-2-4-12(19)5-3-10)26-17(23)28-8-24-27-16(14)28;1-8-6-9(7-10(18-8)13(15,16)17)14-19-11(2,3)12(4,5)20-14;12-8-9(6-1-3-7(13)4-2-6)16-11(14)18-5-15-17-10(8)18/h2*2-8H,1H3,(H2,23,26);6-7H,1-5H3;1-5H,(H2,14,16). The van der Waals surface area contributed by atoms with Crippen LogP contribution in [0.2, 0.25) is 0 Å². The fourth-order valence-electron chi connectivity index (χ4n) is 9.52. The van der Waals surface area contributed by atoms with Crippen LogP contribution in [0.5, 0.6) is 0 Å². The van der Waals surface area contributed by atoms with Crippen molar-refractivity contribution in [3.63, 3.8) is 0 Å². The molecule has 0 unspecified atom stereocenters. The first kappa shape index (κ1) is 66.7. The van der Waals surface area contributed by atoms with Crippen molar-refractivity contribution < 1.29 is 62.0 Å². The van der Waals surface area contributed by atoms with E-state index in [9.17, 15) is 52.7 Å². The van der Waals surface area contributed by atoms with Crippen LogP contribution in [0.1, 0.15) is 61.9 Å². The van der Waals surface area contributed by atoms with E-state index in [0.717, 1.165) is 23.8 Å². The van der Waals surface area contributed by atoms with Gasteiger partial charge in [-0.25, -0.2) is 43.1 Å². The van der Waals surface area contributed by atoms with Crippen LogP contribution >= 0.6 is 15.9 Å². The highest BCUT2D eigenvalue weighted by molar-refractivity contribution is 9.10. The molecule has 6 N–H and O–H groups in total. The molecular formula is C60H48BBrF12N18O2. The van der Waals surface area contributed by atoms with Gasteiger partial charge in [0.1, 0.15) is 53.5 Å². The summed E-state index contributed by atoms with van der Waals surface area (Å²) in [5.74, 6) is -0.847. The normalized spacial score (nSPS) is 13.7. The molecule has 1 fully saturated rings. The SMILES string of the molecule is Cc1cc(-c2c(-c3ccc(F)cc3)nc(N)n3cnnc23)cc(C(F)(F)F)n1.Cc1cc(-c2c(-c3ccc(F)cc3)nc(N)n3cnnc23)cc(C(F)(F)F)n1.Cc1cc(B2OC(C)(C)C(C)(C)O2)cc(C(F)(F)F)n1.Nc1nc(-c2ccc(F)cc2)c(Br)c2nncn12. The maximum absolute atomic E-state index is 13.3. The maximum Gasteiger partial charge on any atom is 0.494 e. The Morgan fingerprint density at radius 1 is 0.415 bits per heavy atom. The molecule has 1 aliphatic rings. The first-order chi connectivity index (χ1) is 44.1. The molecule has 13 rings (SSSR count). The van der Waals surface area contributed by atoms with Crippen LogP contribution in [0.3, 0.4) is 0 Å². The Labute approximate surface area is 532 Å². The van der Waals surface area contributed by atoms with E-state index in [1.807, 2.05) is 27.7 Å². The number of hydrogen-bond acceptors (Lipinski definition) is 17. The van der Waals surface area contributed by atoms with Crippen molar-refractivity contribution in [1.82, 2.24) is 73.7 Å². The number of nitrogens with zero attached hydrogens (tertiary/aromatic N) is 15. The molecule has 0 amide bonds. The lowest BCUT2D eigenvalue weighted by Gasteiger charge is -2.32. The van der Waals surface area contributed by atoms with E-state index in [0.29, 0.717) is 32.4 Å². The van der Waals surface area contributed by atoms with E-state index < -0.39 is 65.6 Å². The molecule has 1 aliphatic heterocycles. The van der Waals surface area contributed by atoms with Crippen molar-refractivity contribution in [1.29, 1.82) is 0 Å². The Balaban J connectivity index is 0.000000139. The van der Waals surface area contributed by atoms with Crippen LogP contribution in [0, 0.1) is 38.2 Å². The zero-order valence-corrected chi connectivity index (χ0v) is 51.5. The van der Waals surface area contributed by atoms with Gasteiger partial charge in [-0.1, -0.05) is 0 Å². The molecule has 34 heteroatoms. The van der Waals surface area contributed by atoms with E-state index >= 15 is 0 Å². The number of alkyl halides is 9. The number of pyridine rings is 3. The minimum atomic E-state index is -4.62. The molecule has 10 heterocycles. The first-order valence-electron chi connectivity index (χ1n) is 27.5. The topological polar surface area (TPSA) is 264 Å². The number of rotatable bonds is 6. The van der Waals surface area contributed by atoms with E-state index in [1.165, 1.54) is 121 Å². The highest BCUT2D eigenvalue weighted by Gasteiger charge is 2.52. The van der Waals surface area contributed by atoms with Gasteiger partial charge < -0.3 is 26.5 Å². The van der Waals surface area contributed by atoms with Gasteiger partial charge >= 0.3 is 25.6 Å². The molecule has 0 saturated carbocycles. The Kier molecular flexibility index (Phi) is 18.0. The molecule has 12 aromatic rings. The number of nitrogens with two attached hydrogens (primary N) is 3. The van der Waals surface area contributed by atoms with Crippen molar-refractivity contribution >= 4 is 63.3 Å². The van der Waals surface area contributed by atoms with E-state index in [-0.39, 0.29) is 85.7 Å². The lowest BCUT2D eigenvalue weighted by atomic mass is 9.79. The molecule has 0 radical (unpaired) electrons. The summed E-state index contributed by atoms with van der Waals surface area (Å²) in [6, 6.07) is 24.1. The third kappa shape index (κ3) is 14.1. The summed E-state index contributed by atoms with van der Waals surface area (Å²) < 4.78 is 174. The number of hydrogen-bond donors (Lipinski definition) is 3. The fraction of sp³-hybridized carbons (Fsp3) is 0.200. The van der Waals surface area contributed by atoms with Gasteiger partial charge in [0, 0.05) is 33.8 Å². The second-order valence-electron chi connectivity index (χ2n) is 21.9. The largest absolute Gasteiger partial charge is 0.494 e. The molecule has 94 heavy (non-hydrogen) atoms. The molecule has 20 nitrogen and oxygen atoms in total. The van der Waals surface area contributed by atoms with Gasteiger partial charge in [-0.15, -0.1) is 30.6 Å². The average Bonchev–Trinajstić information content (AvgIpc) is 1.34. The van der Waals surface area contributed by atoms with Gasteiger partial charge in [-0.3, -0.25) is 13.2 Å². The third-order valence-corrected chi connectivity index (χ3v) is 15.3. The number of halogens is 13. The predicted octanol–water partition coefficient (Wildman–Crippen LogP) is 12.8. The summed E-state index contributed by atoms with van der Waals surface area (Å²) in [5.41, 5.74) is 19.3. The second kappa shape index (κ2) is 25.4. The summed E-state index contributed by atoms with van der Waals surface area (Å²) in [7, 11) is -0.817. The summed E-state index contributed by atoms with van der Waals surface area (Å²) in [6.07, 6.45) is -9.62. The molecule has 0 bridgehead atoms.